The quantitative estimate of drug-likeness (QED) is 0.769. The number of rotatable bonds is 8. The second-order valence-corrected chi connectivity index (χ2v) is 7.33. The highest BCUT2D eigenvalue weighted by Gasteiger charge is 2.24. The first-order valence-corrected chi connectivity index (χ1v) is 9.73. The molecule has 140 valence electrons. The summed E-state index contributed by atoms with van der Waals surface area (Å²) < 4.78 is 4.78. The Morgan fingerprint density at radius 1 is 1.32 bits per heavy atom. The van der Waals surface area contributed by atoms with Gasteiger partial charge < -0.3 is 9.84 Å². The molecule has 2 aliphatic heterocycles. The fraction of sp³-hybridized carbons (Fsp3) is 0.833. The smallest absolute Gasteiger partial charge is 0.220 e. The predicted octanol–water partition coefficient (Wildman–Crippen LogP) is 1.66. The second-order valence-electron chi connectivity index (χ2n) is 7.33. The third kappa shape index (κ3) is 5.51. The number of carbonyl (C=O) groups excluding carboxylic acids is 1. The zero-order valence-corrected chi connectivity index (χ0v) is 15.3. The van der Waals surface area contributed by atoms with Crippen molar-refractivity contribution in [3.63, 3.8) is 0 Å². The van der Waals surface area contributed by atoms with Crippen molar-refractivity contribution in [2.75, 3.05) is 32.7 Å². The van der Waals surface area contributed by atoms with Crippen molar-refractivity contribution in [1.29, 1.82) is 0 Å². The molecule has 3 rings (SSSR count). The number of nitrogens with zero attached hydrogens (tertiary/aromatic N) is 4. The normalized spacial score (nSPS) is 23.2. The average Bonchev–Trinajstić information content (AvgIpc) is 3.30. The molecule has 1 aromatic heterocycles. The van der Waals surface area contributed by atoms with E-state index in [1.165, 1.54) is 25.8 Å². The molecule has 0 spiro atoms. The van der Waals surface area contributed by atoms with Gasteiger partial charge in [-0.2, -0.15) is 4.98 Å². The lowest BCUT2D eigenvalue weighted by atomic mass is 9.92. The number of nitrogens with one attached hydrogen (secondary N) is 1. The number of likely N-dealkylation sites (N-methyl/N-ethyl adjacent to an activating group) is 1. The second kappa shape index (κ2) is 9.29. The Kier molecular flexibility index (Phi) is 6.81. The van der Waals surface area contributed by atoms with Crippen LogP contribution in [0.3, 0.4) is 0 Å². The molecule has 3 heterocycles. The van der Waals surface area contributed by atoms with Gasteiger partial charge in [0, 0.05) is 19.0 Å². The predicted molar refractivity (Wildman–Crippen MR) is 94.8 cm³/mol. The highest BCUT2D eigenvalue weighted by atomic mass is 16.5. The van der Waals surface area contributed by atoms with E-state index >= 15 is 0 Å². The van der Waals surface area contributed by atoms with E-state index in [-0.39, 0.29) is 5.91 Å². The average molecular weight is 349 g/mol. The summed E-state index contributed by atoms with van der Waals surface area (Å²) in [6.45, 7) is 8.14. The van der Waals surface area contributed by atoms with Crippen LogP contribution in [-0.4, -0.2) is 64.6 Å². The van der Waals surface area contributed by atoms with Crippen LogP contribution in [0.25, 0.3) is 0 Å². The van der Waals surface area contributed by atoms with Gasteiger partial charge in [-0.1, -0.05) is 12.1 Å². The van der Waals surface area contributed by atoms with Crippen LogP contribution in [0.5, 0.6) is 0 Å². The number of piperidine rings is 1. The molecule has 0 bridgehead atoms. The van der Waals surface area contributed by atoms with Gasteiger partial charge in [-0.25, -0.2) is 0 Å². The van der Waals surface area contributed by atoms with Crippen molar-refractivity contribution in [3.05, 3.63) is 12.2 Å². The molecule has 2 aliphatic rings. The Balaban J connectivity index is 1.28. The number of hydrogen-bond acceptors (Lipinski definition) is 6. The molecular weight excluding hydrogens is 318 g/mol. The Morgan fingerprint density at radius 2 is 2.16 bits per heavy atom. The minimum atomic E-state index is 0.220. The van der Waals surface area contributed by atoms with Crippen LogP contribution in [0, 0.1) is 5.92 Å². The van der Waals surface area contributed by atoms with Gasteiger partial charge >= 0.3 is 0 Å². The topological polar surface area (TPSA) is 74.5 Å². The lowest BCUT2D eigenvalue weighted by Crippen LogP contribution is -2.40. The minimum Gasteiger partial charge on any atom is -0.355 e. The molecule has 1 amide bonds. The van der Waals surface area contributed by atoms with Gasteiger partial charge in [0.25, 0.3) is 0 Å². The van der Waals surface area contributed by atoms with Crippen LogP contribution < -0.4 is 5.32 Å². The molecular formula is C18H31N5O2. The highest BCUT2D eigenvalue weighted by molar-refractivity contribution is 5.75. The monoisotopic (exact) mass is 349 g/mol. The third-order valence-corrected chi connectivity index (χ3v) is 5.70. The Morgan fingerprint density at radius 3 is 2.88 bits per heavy atom. The van der Waals surface area contributed by atoms with Crippen molar-refractivity contribution >= 4 is 5.91 Å². The summed E-state index contributed by atoms with van der Waals surface area (Å²) in [7, 11) is 0. The van der Waals surface area contributed by atoms with Gasteiger partial charge in [-0.05, 0) is 64.2 Å². The molecule has 0 aliphatic carbocycles. The van der Waals surface area contributed by atoms with E-state index in [0.717, 1.165) is 57.8 Å². The van der Waals surface area contributed by atoms with Gasteiger partial charge in [0.15, 0.2) is 5.82 Å². The SMILES string of the molecule is CCN1CCCC1CNC(=O)CCC1CCN(Cc2ncon2)CC1. The molecule has 0 radical (unpaired) electrons. The summed E-state index contributed by atoms with van der Waals surface area (Å²) in [6.07, 6.45) is 7.82. The molecule has 2 saturated heterocycles. The Bertz CT molecular complexity index is 514. The number of likely N-dealkylation sites (tertiary alicyclic amines) is 2. The maximum atomic E-state index is 12.1. The number of aromatic nitrogens is 2. The summed E-state index contributed by atoms with van der Waals surface area (Å²) >= 11 is 0. The molecule has 1 aromatic rings. The van der Waals surface area contributed by atoms with E-state index in [9.17, 15) is 4.79 Å². The first-order chi connectivity index (χ1) is 12.2. The molecule has 1 atom stereocenters. The van der Waals surface area contributed by atoms with Crippen molar-refractivity contribution in [2.24, 2.45) is 5.92 Å². The van der Waals surface area contributed by atoms with Gasteiger partial charge in [0.1, 0.15) is 0 Å². The molecule has 7 heteroatoms. The van der Waals surface area contributed by atoms with Crippen LogP contribution in [0.15, 0.2) is 10.9 Å². The first-order valence-electron chi connectivity index (χ1n) is 9.73. The van der Waals surface area contributed by atoms with Crippen LogP contribution in [0.4, 0.5) is 0 Å². The Hall–Kier alpha value is -1.47. The highest BCUT2D eigenvalue weighted by Crippen LogP contribution is 2.22. The lowest BCUT2D eigenvalue weighted by Gasteiger charge is -2.31. The first kappa shape index (κ1) is 18.3. The molecule has 25 heavy (non-hydrogen) atoms. The van der Waals surface area contributed by atoms with Gasteiger partial charge in [0.05, 0.1) is 6.54 Å². The standard InChI is InChI=1S/C18H31N5O2/c1-2-23-9-3-4-16(23)12-19-18(24)6-5-15-7-10-22(11-8-15)13-17-20-14-25-21-17/h14-16H,2-13H2,1H3,(H,19,24). The summed E-state index contributed by atoms with van der Waals surface area (Å²) in [6, 6.07) is 0.544. The van der Waals surface area contributed by atoms with Crippen LogP contribution in [0.1, 0.15) is 51.3 Å². The van der Waals surface area contributed by atoms with Crippen LogP contribution >= 0.6 is 0 Å². The van der Waals surface area contributed by atoms with Crippen molar-refractivity contribution in [2.45, 2.75) is 58.0 Å². The molecule has 7 nitrogen and oxygen atoms in total. The zero-order chi connectivity index (χ0) is 17.5. The number of amides is 1. The van der Waals surface area contributed by atoms with Crippen molar-refractivity contribution < 1.29 is 9.32 Å². The van der Waals surface area contributed by atoms with E-state index in [4.69, 9.17) is 4.52 Å². The zero-order valence-electron chi connectivity index (χ0n) is 15.3. The van der Waals surface area contributed by atoms with Crippen molar-refractivity contribution in [1.82, 2.24) is 25.3 Å². The maximum Gasteiger partial charge on any atom is 0.220 e. The fourth-order valence-corrected chi connectivity index (χ4v) is 4.09. The van der Waals surface area contributed by atoms with Gasteiger partial charge in [-0.3, -0.25) is 14.6 Å². The summed E-state index contributed by atoms with van der Waals surface area (Å²) in [5, 5.41) is 7.02. The van der Waals surface area contributed by atoms with Gasteiger partial charge in [0.2, 0.25) is 12.3 Å². The van der Waals surface area contributed by atoms with Gasteiger partial charge in [-0.15, -0.1) is 0 Å². The summed E-state index contributed by atoms with van der Waals surface area (Å²) in [4.78, 5) is 21.1. The van der Waals surface area contributed by atoms with Crippen LogP contribution in [-0.2, 0) is 11.3 Å². The van der Waals surface area contributed by atoms with E-state index < -0.39 is 0 Å². The molecule has 0 aromatic carbocycles. The van der Waals surface area contributed by atoms with Crippen molar-refractivity contribution in [3.8, 4) is 0 Å². The molecule has 2 fully saturated rings. The molecule has 1 unspecified atom stereocenters. The molecule has 1 N–H and O–H groups in total. The lowest BCUT2D eigenvalue weighted by molar-refractivity contribution is -0.121. The van der Waals surface area contributed by atoms with E-state index in [1.807, 2.05) is 0 Å². The summed E-state index contributed by atoms with van der Waals surface area (Å²) in [5.74, 6) is 1.63. The fourth-order valence-electron chi connectivity index (χ4n) is 4.09. The number of hydrogen-bond donors (Lipinski definition) is 1. The maximum absolute atomic E-state index is 12.1. The largest absolute Gasteiger partial charge is 0.355 e. The Labute approximate surface area is 150 Å². The van der Waals surface area contributed by atoms with E-state index in [2.05, 4.69) is 32.2 Å². The van der Waals surface area contributed by atoms with E-state index in [1.54, 1.807) is 0 Å². The van der Waals surface area contributed by atoms with E-state index in [0.29, 0.717) is 18.4 Å². The summed E-state index contributed by atoms with van der Waals surface area (Å²) in [5.41, 5.74) is 0. The third-order valence-electron chi connectivity index (χ3n) is 5.70. The number of carbonyl (C=O) groups is 1. The molecule has 0 saturated carbocycles. The van der Waals surface area contributed by atoms with Crippen LogP contribution in [0.2, 0.25) is 0 Å². The minimum absolute atomic E-state index is 0.220.